The molecule has 1 fully saturated rings. The van der Waals surface area contributed by atoms with Crippen molar-refractivity contribution >= 4 is 33.2 Å². The van der Waals surface area contributed by atoms with Crippen molar-refractivity contribution in [1.29, 1.82) is 0 Å². The average Bonchev–Trinajstić information content (AvgIpc) is 3.03. The summed E-state index contributed by atoms with van der Waals surface area (Å²) in [6.45, 7) is 1.94. The van der Waals surface area contributed by atoms with Crippen molar-refractivity contribution in [1.82, 2.24) is 10.2 Å². The maximum Gasteiger partial charge on any atom is 0.273 e. The van der Waals surface area contributed by atoms with E-state index >= 15 is 0 Å². The van der Waals surface area contributed by atoms with Gasteiger partial charge in [-0.05, 0) is 63.1 Å². The second-order valence-electron chi connectivity index (χ2n) is 11.0. The molecule has 240 valence electrons. The Morgan fingerprint density at radius 1 is 1.07 bits per heavy atom. The summed E-state index contributed by atoms with van der Waals surface area (Å²) in [5.74, 6) is -1.35. The molecule has 45 heavy (non-hydrogen) atoms. The monoisotopic (exact) mass is 640 g/mol. The van der Waals surface area contributed by atoms with Crippen LogP contribution in [0.4, 0.5) is 15.8 Å². The Morgan fingerprint density at radius 2 is 1.73 bits per heavy atom. The summed E-state index contributed by atoms with van der Waals surface area (Å²) in [5.41, 5.74) is 0.0971. The van der Waals surface area contributed by atoms with E-state index < -0.39 is 55.7 Å². The van der Waals surface area contributed by atoms with Gasteiger partial charge in [0.05, 0.1) is 22.6 Å². The summed E-state index contributed by atoms with van der Waals surface area (Å²) in [6.07, 6.45) is 4.66. The molecule has 0 spiro atoms. The molecular weight excluding hydrogens is 603 g/mol. The number of halogens is 1. The summed E-state index contributed by atoms with van der Waals surface area (Å²) in [5, 5.41) is 14.6. The van der Waals surface area contributed by atoms with Crippen molar-refractivity contribution in [2.75, 3.05) is 18.0 Å². The fourth-order valence-corrected chi connectivity index (χ4v) is 6.75. The first-order valence-corrected chi connectivity index (χ1v) is 16.1. The van der Waals surface area contributed by atoms with Gasteiger partial charge < -0.3 is 15.0 Å². The Kier molecular flexibility index (Phi) is 10.8. The Labute approximate surface area is 262 Å². The molecule has 3 aromatic carbocycles. The molecule has 4 rings (SSSR count). The molecule has 0 unspecified atom stereocenters. The van der Waals surface area contributed by atoms with Gasteiger partial charge in [-0.3, -0.25) is 24.0 Å². The highest BCUT2D eigenvalue weighted by Gasteiger charge is 2.34. The topological polar surface area (TPSA) is 139 Å². The minimum Gasteiger partial charge on any atom is -0.497 e. The van der Waals surface area contributed by atoms with Gasteiger partial charge in [0.1, 0.15) is 24.2 Å². The Morgan fingerprint density at radius 3 is 2.36 bits per heavy atom. The van der Waals surface area contributed by atoms with E-state index in [9.17, 15) is 32.5 Å². The predicted molar refractivity (Wildman–Crippen MR) is 167 cm³/mol. The molecule has 1 saturated carbocycles. The van der Waals surface area contributed by atoms with Gasteiger partial charge in [0.2, 0.25) is 11.8 Å². The van der Waals surface area contributed by atoms with Crippen LogP contribution in [-0.4, -0.2) is 55.8 Å². The maximum absolute atomic E-state index is 14.8. The zero-order valence-corrected chi connectivity index (χ0v) is 26.3. The highest BCUT2D eigenvalue weighted by molar-refractivity contribution is 7.92. The highest BCUT2D eigenvalue weighted by atomic mass is 32.2. The van der Waals surface area contributed by atoms with E-state index in [-0.39, 0.29) is 29.4 Å². The number of anilines is 1. The van der Waals surface area contributed by atoms with Crippen LogP contribution in [0.15, 0.2) is 71.6 Å². The lowest BCUT2D eigenvalue weighted by Crippen LogP contribution is -2.53. The van der Waals surface area contributed by atoms with Crippen molar-refractivity contribution in [2.24, 2.45) is 0 Å². The third kappa shape index (κ3) is 7.96. The van der Waals surface area contributed by atoms with Crippen LogP contribution in [0.5, 0.6) is 5.75 Å². The van der Waals surface area contributed by atoms with E-state index in [0.717, 1.165) is 47.4 Å². The number of ether oxygens (including phenoxy) is 1. The molecular formula is C32H37FN4O7S. The fourth-order valence-electron chi connectivity index (χ4n) is 5.31. The van der Waals surface area contributed by atoms with E-state index in [1.165, 1.54) is 75.6 Å². The van der Waals surface area contributed by atoms with Gasteiger partial charge in [0.15, 0.2) is 0 Å². The van der Waals surface area contributed by atoms with Gasteiger partial charge in [-0.1, -0.05) is 43.5 Å². The molecule has 11 nitrogen and oxygen atoms in total. The first kappa shape index (κ1) is 33.4. The molecule has 1 aliphatic carbocycles. The third-order valence-electron chi connectivity index (χ3n) is 8.02. The molecule has 1 N–H and O–H groups in total. The van der Waals surface area contributed by atoms with E-state index in [0.29, 0.717) is 5.75 Å². The number of hydrogen-bond donors (Lipinski definition) is 1. The minimum absolute atomic E-state index is 0.0485. The van der Waals surface area contributed by atoms with E-state index in [1.54, 1.807) is 6.07 Å². The molecule has 0 bridgehead atoms. The normalized spacial score (nSPS) is 14.3. The number of carbonyl (C=O) groups excluding carboxylic acids is 2. The van der Waals surface area contributed by atoms with Gasteiger partial charge >= 0.3 is 0 Å². The SMILES string of the molecule is COc1ccc(N(CC(=O)N(Cc2ccccc2F)[C@@H](C)C(=O)NC2CCCCC2)S(=O)(=O)c2ccc(C)c([N+](=O)[O-])c2)cc1. The van der Waals surface area contributed by atoms with Crippen molar-refractivity contribution in [3.05, 3.63) is 93.8 Å². The van der Waals surface area contributed by atoms with Gasteiger partial charge in [-0.2, -0.15) is 0 Å². The highest BCUT2D eigenvalue weighted by Crippen LogP contribution is 2.30. The first-order valence-electron chi connectivity index (χ1n) is 14.7. The average molecular weight is 641 g/mol. The maximum atomic E-state index is 14.8. The summed E-state index contributed by atoms with van der Waals surface area (Å²) in [4.78, 5) is 39.2. The molecule has 3 aromatic rings. The minimum atomic E-state index is -4.56. The Bertz CT molecular complexity index is 1640. The molecule has 0 heterocycles. The lowest BCUT2D eigenvalue weighted by Gasteiger charge is -2.33. The predicted octanol–water partition coefficient (Wildman–Crippen LogP) is 5.11. The number of nitrogens with zero attached hydrogens (tertiary/aromatic N) is 3. The molecule has 13 heteroatoms. The number of hydrogen-bond acceptors (Lipinski definition) is 7. The van der Waals surface area contributed by atoms with Gasteiger partial charge in [0.25, 0.3) is 15.7 Å². The number of carbonyl (C=O) groups is 2. The van der Waals surface area contributed by atoms with E-state index in [4.69, 9.17) is 4.74 Å². The van der Waals surface area contributed by atoms with Gasteiger partial charge in [0, 0.05) is 29.8 Å². The number of rotatable bonds is 12. The first-order chi connectivity index (χ1) is 21.4. The van der Waals surface area contributed by atoms with Gasteiger partial charge in [-0.15, -0.1) is 0 Å². The number of sulfonamides is 1. The van der Waals surface area contributed by atoms with Crippen molar-refractivity contribution in [2.45, 2.75) is 69.5 Å². The number of aryl methyl sites for hydroxylation is 1. The summed E-state index contributed by atoms with van der Waals surface area (Å²) in [7, 11) is -3.12. The second kappa shape index (κ2) is 14.5. The van der Waals surface area contributed by atoms with Crippen molar-refractivity contribution < 1.29 is 32.1 Å². The third-order valence-corrected chi connectivity index (χ3v) is 9.79. The smallest absolute Gasteiger partial charge is 0.273 e. The molecule has 1 atom stereocenters. The van der Waals surface area contributed by atoms with Crippen LogP contribution in [0.2, 0.25) is 0 Å². The quantitative estimate of drug-likeness (QED) is 0.214. The number of benzene rings is 3. The number of nitro groups is 1. The van der Waals surface area contributed by atoms with E-state index in [2.05, 4.69) is 5.32 Å². The van der Waals surface area contributed by atoms with E-state index in [1.807, 2.05) is 0 Å². The molecule has 0 radical (unpaired) electrons. The standard InChI is InChI=1S/C32H37FN4O7S/c1-22-13-18-28(19-30(22)37(40)41)45(42,43)36(26-14-16-27(44-3)17-15-26)21-31(38)35(20-24-9-7-8-12-29(24)33)23(2)32(39)34-25-10-5-4-6-11-25/h7-9,12-19,23,25H,4-6,10-11,20-21H2,1-3H3,(H,34,39)/t23-/m0/s1. The molecule has 2 amide bonds. The molecule has 1 aliphatic rings. The van der Waals surface area contributed by atoms with Crippen molar-refractivity contribution in [3.8, 4) is 5.75 Å². The van der Waals surface area contributed by atoms with Crippen LogP contribution in [-0.2, 0) is 26.2 Å². The number of amides is 2. The summed E-state index contributed by atoms with van der Waals surface area (Å²) < 4.78 is 48.9. The number of methoxy groups -OCH3 is 1. The van der Waals surface area contributed by atoms with Crippen LogP contribution in [0.25, 0.3) is 0 Å². The Hall–Kier alpha value is -4.52. The lowest BCUT2D eigenvalue weighted by atomic mass is 9.95. The van der Waals surface area contributed by atoms with Crippen LogP contribution in [0.1, 0.15) is 50.2 Å². The summed E-state index contributed by atoms with van der Waals surface area (Å²) in [6, 6.07) is 14.1. The molecule has 0 saturated heterocycles. The second-order valence-corrected chi connectivity index (χ2v) is 12.9. The van der Waals surface area contributed by atoms with Crippen LogP contribution in [0.3, 0.4) is 0 Å². The van der Waals surface area contributed by atoms with Crippen LogP contribution >= 0.6 is 0 Å². The number of nitrogens with one attached hydrogen (secondary N) is 1. The molecule has 0 aliphatic heterocycles. The lowest BCUT2D eigenvalue weighted by molar-refractivity contribution is -0.385. The summed E-state index contributed by atoms with van der Waals surface area (Å²) >= 11 is 0. The zero-order chi connectivity index (χ0) is 32.7. The number of nitro benzene ring substituents is 1. The fraction of sp³-hybridized carbons (Fsp3) is 0.375. The van der Waals surface area contributed by atoms with Crippen LogP contribution < -0.4 is 14.4 Å². The molecule has 0 aromatic heterocycles. The van der Waals surface area contributed by atoms with Crippen LogP contribution in [0, 0.1) is 22.9 Å². The largest absolute Gasteiger partial charge is 0.497 e. The van der Waals surface area contributed by atoms with Crippen molar-refractivity contribution in [3.63, 3.8) is 0 Å². The van der Waals surface area contributed by atoms with Gasteiger partial charge in [-0.25, -0.2) is 12.8 Å². The zero-order valence-electron chi connectivity index (χ0n) is 25.4. The Balaban J connectivity index is 1.73.